The van der Waals surface area contributed by atoms with E-state index >= 15 is 0 Å². The van der Waals surface area contributed by atoms with Gasteiger partial charge in [-0.2, -0.15) is 13.2 Å². The summed E-state index contributed by atoms with van der Waals surface area (Å²) in [7, 11) is 0. The average Bonchev–Trinajstić information content (AvgIpc) is 2.74. The molecule has 3 rings (SSSR count). The van der Waals surface area contributed by atoms with Gasteiger partial charge >= 0.3 is 6.18 Å². The Kier molecular flexibility index (Phi) is 7.15. The van der Waals surface area contributed by atoms with Crippen LogP contribution in [0, 0.1) is 5.92 Å². The van der Waals surface area contributed by atoms with Crippen LogP contribution in [0.2, 0.25) is 5.02 Å². The van der Waals surface area contributed by atoms with Crippen LogP contribution in [0.15, 0.2) is 48.5 Å². The van der Waals surface area contributed by atoms with Crippen LogP contribution in [0.4, 0.5) is 13.2 Å². The van der Waals surface area contributed by atoms with Crippen molar-refractivity contribution in [3.05, 3.63) is 70.2 Å². The first-order valence-corrected chi connectivity index (χ1v) is 10.1. The van der Waals surface area contributed by atoms with Crippen molar-refractivity contribution in [2.75, 3.05) is 26.2 Å². The summed E-state index contributed by atoms with van der Waals surface area (Å²) in [5.41, 5.74) is -0.203. The number of Topliss-reactive ketones (excluding diaryl/α,β-unsaturated/α-hetero) is 1. The number of piperidine rings is 1. The van der Waals surface area contributed by atoms with E-state index in [-0.39, 0.29) is 17.3 Å². The fraction of sp³-hybridized carbons (Fsp3) is 0.364. The van der Waals surface area contributed by atoms with Gasteiger partial charge in [-0.25, -0.2) is 0 Å². The van der Waals surface area contributed by atoms with Crippen LogP contribution >= 0.6 is 11.6 Å². The summed E-state index contributed by atoms with van der Waals surface area (Å²) in [6.07, 6.45) is -3.03. The third-order valence-electron chi connectivity index (χ3n) is 5.25. The minimum atomic E-state index is -4.48. The molecule has 30 heavy (non-hydrogen) atoms. The van der Waals surface area contributed by atoms with Gasteiger partial charge in [-0.05, 0) is 68.4 Å². The lowest BCUT2D eigenvalue weighted by molar-refractivity contribution is -0.137. The van der Waals surface area contributed by atoms with E-state index in [0.717, 1.165) is 38.1 Å². The molecule has 8 heteroatoms. The number of carbonyl (C=O) groups is 2. The summed E-state index contributed by atoms with van der Waals surface area (Å²) in [6.45, 7) is 2.35. The fourth-order valence-corrected chi connectivity index (χ4v) is 3.66. The van der Waals surface area contributed by atoms with Crippen molar-refractivity contribution in [1.82, 2.24) is 10.2 Å². The second-order valence-electron chi connectivity index (χ2n) is 7.32. The Hall–Kier alpha value is -2.38. The monoisotopic (exact) mass is 438 g/mol. The van der Waals surface area contributed by atoms with Crippen LogP contribution < -0.4 is 5.32 Å². The Bertz CT molecular complexity index is 892. The minimum absolute atomic E-state index is 0.0166. The maximum atomic E-state index is 12.8. The highest BCUT2D eigenvalue weighted by atomic mass is 35.5. The van der Waals surface area contributed by atoms with E-state index in [9.17, 15) is 22.8 Å². The molecule has 1 amide bonds. The Morgan fingerprint density at radius 3 is 2.33 bits per heavy atom. The lowest BCUT2D eigenvalue weighted by atomic mass is 9.89. The second-order valence-corrected chi connectivity index (χ2v) is 7.76. The lowest BCUT2D eigenvalue weighted by Crippen LogP contribution is -2.41. The fourth-order valence-electron chi connectivity index (χ4n) is 3.53. The zero-order chi connectivity index (χ0) is 21.7. The Balaban J connectivity index is 1.43. The lowest BCUT2D eigenvalue weighted by Gasteiger charge is -2.31. The molecule has 4 nitrogen and oxygen atoms in total. The number of nitrogens with one attached hydrogen (secondary N) is 1. The molecule has 2 aromatic rings. The van der Waals surface area contributed by atoms with E-state index in [1.165, 1.54) is 12.1 Å². The molecule has 0 unspecified atom stereocenters. The topological polar surface area (TPSA) is 49.4 Å². The predicted octanol–water partition coefficient (Wildman–Crippen LogP) is 4.68. The van der Waals surface area contributed by atoms with E-state index in [0.29, 0.717) is 23.7 Å². The number of hydrogen-bond donors (Lipinski definition) is 1. The SMILES string of the molecule is O=C(NCCN1CCC(C(=O)c2ccc(Cl)cc2)CC1)c1cccc(C(F)(F)F)c1. The van der Waals surface area contributed by atoms with Gasteiger partial charge in [-0.15, -0.1) is 0 Å². The van der Waals surface area contributed by atoms with E-state index in [1.54, 1.807) is 24.3 Å². The summed E-state index contributed by atoms with van der Waals surface area (Å²) < 4.78 is 38.3. The van der Waals surface area contributed by atoms with E-state index < -0.39 is 17.6 Å². The van der Waals surface area contributed by atoms with Crippen molar-refractivity contribution >= 4 is 23.3 Å². The van der Waals surface area contributed by atoms with Gasteiger partial charge in [0.05, 0.1) is 5.56 Å². The summed E-state index contributed by atoms with van der Waals surface area (Å²) in [4.78, 5) is 26.9. The number of nitrogens with zero attached hydrogens (tertiary/aromatic N) is 1. The predicted molar refractivity (Wildman–Crippen MR) is 109 cm³/mol. The molecule has 1 N–H and O–H groups in total. The Labute approximate surface area is 178 Å². The Morgan fingerprint density at radius 2 is 1.70 bits per heavy atom. The van der Waals surface area contributed by atoms with Crippen LogP contribution in [-0.4, -0.2) is 42.8 Å². The zero-order valence-corrected chi connectivity index (χ0v) is 17.0. The standard InChI is InChI=1S/C22H22ClF3N2O2/c23-19-6-4-15(5-7-19)20(29)16-8-11-28(12-9-16)13-10-27-21(30)17-2-1-3-18(14-17)22(24,25)26/h1-7,14,16H,8-13H2,(H,27,30). The first-order chi connectivity index (χ1) is 14.2. The smallest absolute Gasteiger partial charge is 0.351 e. The molecule has 0 bridgehead atoms. The summed E-state index contributed by atoms with van der Waals surface area (Å²) in [5, 5.41) is 3.25. The van der Waals surface area contributed by atoms with Crippen molar-refractivity contribution in [3.8, 4) is 0 Å². The van der Waals surface area contributed by atoms with Crippen molar-refractivity contribution in [2.45, 2.75) is 19.0 Å². The molecule has 1 heterocycles. The van der Waals surface area contributed by atoms with Gasteiger partial charge in [0.25, 0.3) is 5.91 Å². The molecule has 0 aromatic heterocycles. The van der Waals surface area contributed by atoms with Crippen molar-refractivity contribution in [3.63, 3.8) is 0 Å². The van der Waals surface area contributed by atoms with Crippen molar-refractivity contribution in [2.24, 2.45) is 5.92 Å². The van der Waals surface area contributed by atoms with Crippen LogP contribution in [0.5, 0.6) is 0 Å². The quantitative estimate of drug-likeness (QED) is 0.666. The highest BCUT2D eigenvalue weighted by Crippen LogP contribution is 2.29. The summed E-state index contributed by atoms with van der Waals surface area (Å²) in [5.74, 6) is -0.458. The van der Waals surface area contributed by atoms with Crippen LogP contribution in [0.1, 0.15) is 39.1 Å². The molecule has 1 fully saturated rings. The summed E-state index contributed by atoms with van der Waals surface area (Å²) in [6, 6.07) is 11.3. The van der Waals surface area contributed by atoms with Gasteiger partial charge in [-0.1, -0.05) is 17.7 Å². The number of benzene rings is 2. The molecule has 1 aliphatic rings. The van der Waals surface area contributed by atoms with Gasteiger partial charge in [0.15, 0.2) is 5.78 Å². The first-order valence-electron chi connectivity index (χ1n) is 9.71. The van der Waals surface area contributed by atoms with Gasteiger partial charge in [0, 0.05) is 35.2 Å². The van der Waals surface area contributed by atoms with E-state index in [4.69, 9.17) is 11.6 Å². The van der Waals surface area contributed by atoms with Crippen molar-refractivity contribution < 1.29 is 22.8 Å². The molecule has 0 radical (unpaired) electrons. The highest BCUT2D eigenvalue weighted by molar-refractivity contribution is 6.30. The number of amides is 1. The zero-order valence-electron chi connectivity index (χ0n) is 16.2. The number of alkyl halides is 3. The number of ketones is 1. The molecule has 0 saturated carbocycles. The van der Waals surface area contributed by atoms with Gasteiger partial charge in [0.1, 0.15) is 0 Å². The highest BCUT2D eigenvalue weighted by Gasteiger charge is 2.31. The Morgan fingerprint density at radius 1 is 1.03 bits per heavy atom. The van der Waals surface area contributed by atoms with Crippen molar-refractivity contribution in [1.29, 1.82) is 0 Å². The number of rotatable bonds is 6. The normalized spacial score (nSPS) is 15.7. The third kappa shape index (κ3) is 5.83. The summed E-state index contributed by atoms with van der Waals surface area (Å²) >= 11 is 5.86. The van der Waals surface area contributed by atoms with E-state index in [1.807, 2.05) is 0 Å². The van der Waals surface area contributed by atoms with Gasteiger partial charge in [-0.3, -0.25) is 9.59 Å². The van der Waals surface area contributed by atoms with Gasteiger partial charge in [0.2, 0.25) is 0 Å². The molecule has 1 aliphatic heterocycles. The van der Waals surface area contributed by atoms with Gasteiger partial charge < -0.3 is 10.2 Å². The van der Waals surface area contributed by atoms with Crippen LogP contribution in [0.25, 0.3) is 0 Å². The molecule has 0 atom stereocenters. The molecule has 0 aliphatic carbocycles. The average molecular weight is 439 g/mol. The molecule has 2 aromatic carbocycles. The largest absolute Gasteiger partial charge is 0.416 e. The first kappa shape index (κ1) is 22.3. The molecule has 1 saturated heterocycles. The molecule has 160 valence electrons. The van der Waals surface area contributed by atoms with E-state index in [2.05, 4.69) is 10.2 Å². The molecule has 0 spiro atoms. The number of likely N-dealkylation sites (tertiary alicyclic amines) is 1. The number of hydrogen-bond acceptors (Lipinski definition) is 3. The maximum Gasteiger partial charge on any atom is 0.416 e. The number of halogens is 4. The maximum absolute atomic E-state index is 12.8. The minimum Gasteiger partial charge on any atom is -0.351 e. The molecular formula is C22H22ClF3N2O2. The van der Waals surface area contributed by atoms with Crippen LogP contribution in [-0.2, 0) is 6.18 Å². The molecular weight excluding hydrogens is 417 g/mol. The third-order valence-corrected chi connectivity index (χ3v) is 5.50. The second kappa shape index (κ2) is 9.62. The number of carbonyl (C=O) groups excluding carboxylic acids is 2. The van der Waals surface area contributed by atoms with Crippen LogP contribution in [0.3, 0.4) is 0 Å².